The number of rotatable bonds is 5. The molecule has 2 rings (SSSR count). The van der Waals surface area contributed by atoms with Crippen LogP contribution in [0.25, 0.3) is 0 Å². The molecule has 0 saturated heterocycles. The van der Waals surface area contributed by atoms with E-state index in [9.17, 15) is 4.79 Å². The molecule has 0 aromatic heterocycles. The van der Waals surface area contributed by atoms with E-state index < -0.39 is 17.4 Å². The monoisotopic (exact) mass is 309 g/mol. The maximum Gasteiger partial charge on any atom is 0.332 e. The summed E-state index contributed by atoms with van der Waals surface area (Å²) in [5.41, 5.74) is 6.35. The molecule has 2 atom stereocenters. The first-order chi connectivity index (χ1) is 11.1. The lowest BCUT2D eigenvalue weighted by molar-refractivity contribution is -0.148. The van der Waals surface area contributed by atoms with Gasteiger partial charge in [-0.2, -0.15) is 0 Å². The summed E-state index contributed by atoms with van der Waals surface area (Å²) >= 11 is 0. The Labute approximate surface area is 136 Å². The second-order valence-corrected chi connectivity index (χ2v) is 5.10. The van der Waals surface area contributed by atoms with E-state index in [1.165, 1.54) is 7.11 Å². The molecule has 0 aliphatic heterocycles. The fraction of sp³-hybridized carbons (Fsp3) is 0.211. The van der Waals surface area contributed by atoms with Gasteiger partial charge in [0.1, 0.15) is 5.75 Å². The number of ether oxygens (including phenoxy) is 2. The SMILES string of the molecule is C#CC(c1ccccc1)[C@@](N)(C(=O)OC)c1ccc(OC)cc1. The highest BCUT2D eigenvalue weighted by Crippen LogP contribution is 2.36. The highest BCUT2D eigenvalue weighted by atomic mass is 16.5. The first kappa shape index (κ1) is 16.6. The largest absolute Gasteiger partial charge is 0.497 e. The van der Waals surface area contributed by atoms with Crippen LogP contribution in [0.2, 0.25) is 0 Å². The van der Waals surface area contributed by atoms with E-state index in [-0.39, 0.29) is 0 Å². The van der Waals surface area contributed by atoms with Crippen LogP contribution in [0.5, 0.6) is 5.75 Å². The van der Waals surface area contributed by atoms with Crippen LogP contribution in [-0.4, -0.2) is 20.2 Å². The van der Waals surface area contributed by atoms with Crippen LogP contribution < -0.4 is 10.5 Å². The molecule has 2 N–H and O–H groups in total. The Morgan fingerprint density at radius 3 is 2.22 bits per heavy atom. The van der Waals surface area contributed by atoms with Gasteiger partial charge >= 0.3 is 5.97 Å². The van der Waals surface area contributed by atoms with E-state index >= 15 is 0 Å². The lowest BCUT2D eigenvalue weighted by atomic mass is 9.75. The molecule has 0 aliphatic carbocycles. The van der Waals surface area contributed by atoms with Crippen LogP contribution >= 0.6 is 0 Å². The molecule has 2 aromatic carbocycles. The van der Waals surface area contributed by atoms with Crippen molar-refractivity contribution in [1.29, 1.82) is 0 Å². The summed E-state index contributed by atoms with van der Waals surface area (Å²) in [5.74, 6) is 2.06. The van der Waals surface area contributed by atoms with Gasteiger partial charge in [0.05, 0.1) is 20.1 Å². The third-order valence-electron chi connectivity index (χ3n) is 3.85. The quantitative estimate of drug-likeness (QED) is 0.681. The average molecular weight is 309 g/mol. The van der Waals surface area contributed by atoms with Crippen molar-refractivity contribution < 1.29 is 14.3 Å². The van der Waals surface area contributed by atoms with Gasteiger partial charge in [-0.3, -0.25) is 0 Å². The predicted molar refractivity (Wildman–Crippen MR) is 88.9 cm³/mol. The summed E-state index contributed by atoms with van der Waals surface area (Å²) in [6.45, 7) is 0. The van der Waals surface area contributed by atoms with Gasteiger partial charge in [0.2, 0.25) is 0 Å². The third kappa shape index (κ3) is 3.05. The van der Waals surface area contributed by atoms with Gasteiger partial charge < -0.3 is 15.2 Å². The number of hydrogen-bond acceptors (Lipinski definition) is 4. The van der Waals surface area contributed by atoms with E-state index in [0.29, 0.717) is 11.3 Å². The number of carbonyl (C=O) groups is 1. The fourth-order valence-electron chi connectivity index (χ4n) is 2.57. The van der Waals surface area contributed by atoms with E-state index in [1.54, 1.807) is 31.4 Å². The van der Waals surface area contributed by atoms with Crippen LogP contribution in [-0.2, 0) is 15.1 Å². The van der Waals surface area contributed by atoms with Crippen LogP contribution in [0, 0.1) is 12.3 Å². The maximum absolute atomic E-state index is 12.5. The Bertz CT molecular complexity index is 704. The van der Waals surface area contributed by atoms with Crippen LogP contribution in [0.3, 0.4) is 0 Å². The normalized spacial score (nSPS) is 14.2. The van der Waals surface area contributed by atoms with Crippen LogP contribution in [0.1, 0.15) is 17.0 Å². The Morgan fingerprint density at radius 2 is 1.74 bits per heavy atom. The Kier molecular flexibility index (Phi) is 5.05. The second-order valence-electron chi connectivity index (χ2n) is 5.10. The van der Waals surface area contributed by atoms with Gasteiger partial charge in [0.15, 0.2) is 5.54 Å². The maximum atomic E-state index is 12.5. The topological polar surface area (TPSA) is 61.6 Å². The van der Waals surface area contributed by atoms with Crippen LogP contribution in [0.15, 0.2) is 54.6 Å². The first-order valence-corrected chi connectivity index (χ1v) is 7.10. The third-order valence-corrected chi connectivity index (χ3v) is 3.85. The molecule has 0 aliphatic rings. The van der Waals surface area contributed by atoms with Gasteiger partial charge in [-0.25, -0.2) is 4.79 Å². The summed E-state index contributed by atoms with van der Waals surface area (Å²) < 4.78 is 10.1. The minimum atomic E-state index is -1.49. The summed E-state index contributed by atoms with van der Waals surface area (Å²) in [6, 6.07) is 16.2. The number of benzene rings is 2. The lowest BCUT2D eigenvalue weighted by Gasteiger charge is -2.32. The summed E-state index contributed by atoms with van der Waals surface area (Å²) in [5, 5.41) is 0. The number of nitrogens with two attached hydrogens (primary N) is 1. The van der Waals surface area contributed by atoms with Crippen molar-refractivity contribution in [3.05, 3.63) is 65.7 Å². The molecule has 0 fully saturated rings. The van der Waals surface area contributed by atoms with Crippen molar-refractivity contribution in [3.63, 3.8) is 0 Å². The Balaban J connectivity index is 2.58. The van der Waals surface area contributed by atoms with Gasteiger partial charge in [-0.1, -0.05) is 48.4 Å². The zero-order valence-electron chi connectivity index (χ0n) is 13.2. The molecule has 2 aromatic rings. The van der Waals surface area contributed by atoms with Gasteiger partial charge in [-0.15, -0.1) is 6.42 Å². The average Bonchev–Trinajstić information content (AvgIpc) is 2.62. The minimum absolute atomic E-state index is 0.567. The zero-order chi connectivity index (χ0) is 16.9. The fourth-order valence-corrected chi connectivity index (χ4v) is 2.57. The summed E-state index contributed by atoms with van der Waals surface area (Å²) in [4.78, 5) is 12.5. The molecule has 0 spiro atoms. The van der Waals surface area contributed by atoms with Crippen molar-refractivity contribution in [3.8, 4) is 18.1 Å². The molecule has 4 heteroatoms. The van der Waals surface area contributed by atoms with Gasteiger partial charge in [0.25, 0.3) is 0 Å². The minimum Gasteiger partial charge on any atom is -0.497 e. The van der Waals surface area contributed by atoms with Crippen molar-refractivity contribution in [2.45, 2.75) is 11.5 Å². The molecule has 23 heavy (non-hydrogen) atoms. The molecule has 4 nitrogen and oxygen atoms in total. The van der Waals surface area contributed by atoms with E-state index in [1.807, 2.05) is 30.3 Å². The molecular formula is C19H19NO3. The molecular weight excluding hydrogens is 290 g/mol. The van der Waals surface area contributed by atoms with E-state index in [0.717, 1.165) is 5.56 Å². The Morgan fingerprint density at radius 1 is 1.13 bits per heavy atom. The van der Waals surface area contributed by atoms with Gasteiger partial charge in [0, 0.05) is 0 Å². The number of esters is 1. The van der Waals surface area contributed by atoms with Crippen LogP contribution in [0.4, 0.5) is 0 Å². The van der Waals surface area contributed by atoms with Crippen molar-refractivity contribution in [1.82, 2.24) is 0 Å². The second kappa shape index (κ2) is 6.99. The summed E-state index contributed by atoms with van der Waals surface area (Å²) in [7, 11) is 2.87. The number of terminal acetylenes is 1. The smallest absolute Gasteiger partial charge is 0.332 e. The lowest BCUT2D eigenvalue weighted by Crippen LogP contribution is -2.50. The number of carbonyl (C=O) groups excluding carboxylic acids is 1. The molecule has 118 valence electrons. The first-order valence-electron chi connectivity index (χ1n) is 7.10. The van der Waals surface area contributed by atoms with E-state index in [4.69, 9.17) is 21.6 Å². The molecule has 0 heterocycles. The standard InChI is InChI=1S/C19H19NO3/c1-4-17(14-8-6-5-7-9-14)19(20,18(21)23-3)15-10-12-16(22-2)13-11-15/h1,5-13,17H,20H2,2-3H3/t17?,19-/m1/s1. The summed E-state index contributed by atoms with van der Waals surface area (Å²) in [6.07, 6.45) is 5.71. The number of hydrogen-bond donors (Lipinski definition) is 1. The predicted octanol–water partition coefficient (Wildman–Crippen LogP) is 2.44. The molecule has 0 amide bonds. The molecule has 1 unspecified atom stereocenters. The van der Waals surface area contributed by atoms with Crippen molar-refractivity contribution in [2.75, 3.05) is 14.2 Å². The highest BCUT2D eigenvalue weighted by molar-refractivity contribution is 5.84. The van der Waals surface area contributed by atoms with Crippen molar-refractivity contribution >= 4 is 5.97 Å². The molecule has 0 bridgehead atoms. The van der Waals surface area contributed by atoms with E-state index in [2.05, 4.69) is 5.92 Å². The highest BCUT2D eigenvalue weighted by Gasteiger charge is 2.45. The number of methoxy groups -OCH3 is 2. The van der Waals surface area contributed by atoms with Gasteiger partial charge in [-0.05, 0) is 23.3 Å². The Hall–Kier alpha value is -2.77. The molecule has 0 radical (unpaired) electrons. The zero-order valence-corrected chi connectivity index (χ0v) is 13.2. The molecule has 0 saturated carbocycles. The van der Waals surface area contributed by atoms with Crippen molar-refractivity contribution in [2.24, 2.45) is 5.73 Å².